The number of anilines is 1. The minimum absolute atomic E-state index is 0.0785. The van der Waals surface area contributed by atoms with E-state index in [2.05, 4.69) is 10.6 Å². The Morgan fingerprint density at radius 3 is 2.54 bits per heavy atom. The number of likely N-dealkylation sites (N-methyl/N-ethyl adjacent to an activating group) is 1. The number of halogens is 1. The second kappa shape index (κ2) is 25.0. The summed E-state index contributed by atoms with van der Waals surface area (Å²) < 4.78 is 29.4. The van der Waals surface area contributed by atoms with Crippen LogP contribution >= 0.6 is 33.2 Å². The smallest absolute Gasteiger partial charge is 0.409 e. The third-order valence-corrected chi connectivity index (χ3v) is 15.9. The number of benzene rings is 1. The van der Waals surface area contributed by atoms with Crippen molar-refractivity contribution in [3.8, 4) is 5.75 Å². The van der Waals surface area contributed by atoms with E-state index < -0.39 is 77.7 Å². The minimum atomic E-state index is -1.86. The highest BCUT2D eigenvalue weighted by Crippen LogP contribution is 2.49. The van der Waals surface area contributed by atoms with Gasteiger partial charge in [0.05, 0.1) is 25.3 Å². The zero-order valence-corrected chi connectivity index (χ0v) is 42.2. The van der Waals surface area contributed by atoms with E-state index in [1.54, 1.807) is 56.0 Å². The fourth-order valence-corrected chi connectivity index (χ4v) is 10.6. The van der Waals surface area contributed by atoms with Gasteiger partial charge in [-0.3, -0.25) is 24.5 Å². The SMILES string of the molecule is COc1cc2cc(c1Cl)N(C)C(=O)C[C@H](OC(=O)[C@H](C)N(C)C(=O)CCSSC(C)CCC(=O)NCCCC[C@H](N)C(=O)O)[C@]1(C)O[C@H]1[C@H](C)[C@@H]1C[C@@](O)(NC(=O)O1)[C@H](OC)/C=C/C=C(\C)C2. The Morgan fingerprint density at radius 1 is 1.15 bits per heavy atom. The molecule has 0 aliphatic carbocycles. The largest absolute Gasteiger partial charge is 0.495 e. The van der Waals surface area contributed by atoms with Crippen molar-refractivity contribution in [3.05, 3.63) is 46.5 Å². The molecule has 0 saturated carbocycles. The Balaban J connectivity index is 1.44. The summed E-state index contributed by atoms with van der Waals surface area (Å²) in [5, 5.41) is 26.4. The van der Waals surface area contributed by atoms with Crippen molar-refractivity contribution in [2.24, 2.45) is 11.7 Å². The summed E-state index contributed by atoms with van der Waals surface area (Å²) >= 11 is 6.80. The zero-order chi connectivity index (χ0) is 49.8. The second-order valence-electron chi connectivity index (χ2n) is 17.7. The number of esters is 1. The van der Waals surface area contributed by atoms with E-state index >= 15 is 0 Å². The molecule has 1 aromatic carbocycles. The number of nitrogens with one attached hydrogen (secondary N) is 2. The summed E-state index contributed by atoms with van der Waals surface area (Å²) in [6.07, 6.45) is 3.28. The number of amides is 4. The molecular weight excluding hydrogens is 930 g/mol. The average molecular weight is 999 g/mol. The summed E-state index contributed by atoms with van der Waals surface area (Å²) in [6, 6.07) is 1.61. The van der Waals surface area contributed by atoms with Crippen LogP contribution in [0.2, 0.25) is 5.02 Å². The van der Waals surface area contributed by atoms with Crippen molar-refractivity contribution >= 4 is 74.6 Å². The van der Waals surface area contributed by atoms with E-state index in [0.29, 0.717) is 62.3 Å². The summed E-state index contributed by atoms with van der Waals surface area (Å²) in [6.45, 7) is 9.38. The van der Waals surface area contributed by atoms with Gasteiger partial charge in [0.1, 0.15) is 46.8 Å². The first-order chi connectivity index (χ1) is 31.5. The number of ether oxygens (including phenoxy) is 5. The van der Waals surface area contributed by atoms with Crippen molar-refractivity contribution in [1.29, 1.82) is 0 Å². The van der Waals surface area contributed by atoms with E-state index in [0.717, 1.165) is 11.1 Å². The van der Waals surface area contributed by atoms with Crippen LogP contribution in [0.1, 0.15) is 91.5 Å². The maximum atomic E-state index is 14.3. The number of fused-ring (bicyclic) bond motifs is 5. The van der Waals surface area contributed by atoms with Crippen molar-refractivity contribution in [3.63, 3.8) is 0 Å². The predicted molar refractivity (Wildman–Crippen MR) is 257 cm³/mol. The van der Waals surface area contributed by atoms with Crippen molar-refractivity contribution in [2.45, 2.75) is 145 Å². The van der Waals surface area contributed by atoms with Crippen LogP contribution in [0.25, 0.3) is 0 Å². The highest BCUT2D eigenvalue weighted by molar-refractivity contribution is 8.76. The summed E-state index contributed by atoms with van der Waals surface area (Å²) in [7, 11) is 9.01. The van der Waals surface area contributed by atoms with Crippen molar-refractivity contribution in [1.82, 2.24) is 15.5 Å². The number of carboxylic acids is 1. The van der Waals surface area contributed by atoms with Gasteiger partial charge in [-0.25, -0.2) is 9.59 Å². The first kappa shape index (κ1) is 55.5. The highest BCUT2D eigenvalue weighted by Gasteiger charge is 2.64. The standard InChI is InChI=1S/C46H68ClN5O13S2/c1-26-13-12-15-35(62-9)46(60)25-34(63-44(59)50-46)28(3)41-45(5,65-41)36(24-39(55)52(7)32-22-30(21-26)23-33(61-8)40(32)47)64-43(58)29(4)51(6)38(54)18-20-66-67-27(2)16-17-37(53)49-19-11-10-14-31(48)42(56)57/h12-13,15,22-23,27-29,31,34-36,41,60H,10-11,14,16-21,24-25,48H2,1-9H3,(H,49,53)(H,50,59)(H,56,57)/b15-12+,26-13+/t27?,28-,29+,31+,34+,35-,36+,41+,45+,46+/m1/s1. The quantitative estimate of drug-likeness (QED) is 0.0520. The molecule has 3 aliphatic heterocycles. The van der Waals surface area contributed by atoms with Gasteiger partial charge in [0, 0.05) is 63.9 Å². The number of aliphatic carboxylic acids is 1. The number of hydrogen-bond donors (Lipinski definition) is 5. The lowest BCUT2D eigenvalue weighted by Crippen LogP contribution is -2.63. The van der Waals surface area contributed by atoms with Crippen LogP contribution in [0.15, 0.2) is 35.9 Å². The number of carbonyl (C=O) groups excluding carboxylic acids is 5. The molecule has 2 fully saturated rings. The highest BCUT2D eigenvalue weighted by atomic mass is 35.5. The summed E-state index contributed by atoms with van der Waals surface area (Å²) in [5.74, 6) is -2.43. The Kier molecular flexibility index (Phi) is 20.7. The number of carbonyl (C=O) groups is 6. The number of allylic oxidation sites excluding steroid dienone is 3. The number of rotatable bonds is 19. The number of unbranched alkanes of at least 4 members (excludes halogenated alkanes) is 1. The zero-order valence-electron chi connectivity index (χ0n) is 39.8. The van der Waals surface area contributed by atoms with E-state index in [4.69, 9.17) is 46.1 Å². The van der Waals surface area contributed by atoms with Gasteiger partial charge in [0.15, 0.2) is 5.72 Å². The van der Waals surface area contributed by atoms with Gasteiger partial charge < -0.3 is 54.7 Å². The molecule has 6 N–H and O–H groups in total. The van der Waals surface area contributed by atoms with Crippen molar-refractivity contribution < 1.29 is 62.7 Å². The Hall–Kier alpha value is -4.05. The number of aliphatic hydroxyl groups is 1. The van der Waals surface area contributed by atoms with Crippen LogP contribution in [0, 0.1) is 5.92 Å². The lowest BCUT2D eigenvalue weighted by Gasteiger charge is -2.42. The normalized spacial score (nSPS) is 28.0. The molecule has 3 heterocycles. The first-order valence-electron chi connectivity index (χ1n) is 22.4. The van der Waals surface area contributed by atoms with E-state index in [1.807, 2.05) is 19.9 Å². The number of hydrogen-bond acceptors (Lipinski definition) is 15. The number of alkyl carbamates (subject to hydrolysis) is 1. The van der Waals surface area contributed by atoms with E-state index in [1.165, 1.54) is 48.8 Å². The summed E-state index contributed by atoms with van der Waals surface area (Å²) in [4.78, 5) is 80.4. The molecule has 1 aromatic rings. The van der Waals surface area contributed by atoms with Crippen LogP contribution in [-0.4, -0.2) is 145 Å². The molecule has 4 bridgehead atoms. The van der Waals surface area contributed by atoms with Crippen LogP contribution in [0.3, 0.4) is 0 Å². The fraction of sp³-hybridized carbons (Fsp3) is 0.652. The van der Waals surface area contributed by atoms with Crippen molar-refractivity contribution in [2.75, 3.05) is 45.5 Å². The Labute approximate surface area is 406 Å². The number of nitrogens with two attached hydrogens (primary N) is 1. The fourth-order valence-electron chi connectivity index (χ4n) is 8.00. The third kappa shape index (κ3) is 15.2. The molecule has 10 atom stereocenters. The number of nitrogens with zero attached hydrogens (tertiary/aromatic N) is 2. The molecule has 0 radical (unpaired) electrons. The molecule has 2 saturated heterocycles. The number of methoxy groups -OCH3 is 2. The van der Waals surface area contributed by atoms with E-state index in [-0.39, 0.29) is 41.3 Å². The first-order valence-corrected chi connectivity index (χ1v) is 25.2. The van der Waals surface area contributed by atoms with Crippen LogP contribution in [-0.2, 0) is 49.3 Å². The Bertz CT molecular complexity index is 2010. The van der Waals surface area contributed by atoms with Crippen LogP contribution in [0.5, 0.6) is 5.75 Å². The average Bonchev–Trinajstić information content (AvgIpc) is 3.98. The second-order valence-corrected chi connectivity index (χ2v) is 21.0. The third-order valence-electron chi connectivity index (χ3n) is 12.5. The van der Waals surface area contributed by atoms with Gasteiger partial charge in [-0.1, -0.05) is 70.8 Å². The molecule has 1 unspecified atom stereocenters. The topological polar surface area (TPSA) is 249 Å². The molecular formula is C46H68ClN5O13S2. The molecule has 3 aliphatic rings. The molecule has 18 nitrogen and oxygen atoms in total. The molecule has 374 valence electrons. The van der Waals surface area contributed by atoms with Gasteiger partial charge in [0.25, 0.3) is 0 Å². The maximum Gasteiger partial charge on any atom is 0.409 e. The Morgan fingerprint density at radius 2 is 1.87 bits per heavy atom. The maximum absolute atomic E-state index is 14.3. The molecule has 4 amide bonds. The predicted octanol–water partition coefficient (Wildman–Crippen LogP) is 5.15. The molecule has 21 heteroatoms. The molecule has 67 heavy (non-hydrogen) atoms. The lowest BCUT2D eigenvalue weighted by molar-refractivity contribution is -0.162. The lowest BCUT2D eigenvalue weighted by atomic mass is 9.83. The van der Waals surface area contributed by atoms with E-state index in [9.17, 15) is 33.9 Å². The van der Waals surface area contributed by atoms with Gasteiger partial charge >= 0.3 is 18.0 Å². The van der Waals surface area contributed by atoms with Gasteiger partial charge in [-0.2, -0.15) is 0 Å². The number of carboxylic acid groups (broad SMARTS) is 1. The molecule has 0 spiro atoms. The minimum Gasteiger partial charge on any atom is -0.495 e. The molecule has 0 aromatic heterocycles. The van der Waals surface area contributed by atoms with Crippen LogP contribution < -0.4 is 26.0 Å². The monoisotopic (exact) mass is 997 g/mol. The number of epoxide rings is 1. The summed E-state index contributed by atoms with van der Waals surface area (Å²) in [5.41, 5.74) is 4.45. The van der Waals surface area contributed by atoms with Gasteiger partial charge in [-0.15, -0.1) is 0 Å². The van der Waals surface area contributed by atoms with Crippen LogP contribution in [0.4, 0.5) is 10.5 Å². The van der Waals surface area contributed by atoms with Gasteiger partial charge in [-0.05, 0) is 70.6 Å². The molecule has 4 rings (SSSR count). The van der Waals surface area contributed by atoms with Gasteiger partial charge in [0.2, 0.25) is 17.7 Å².